The maximum absolute atomic E-state index is 13.6. The molecule has 2 aromatic heterocycles. The van der Waals surface area contributed by atoms with Gasteiger partial charge in [0.2, 0.25) is 17.7 Å². The summed E-state index contributed by atoms with van der Waals surface area (Å²) in [6.45, 7) is 4.92. The number of hydrogen-bond acceptors (Lipinski definition) is 9. The van der Waals surface area contributed by atoms with Gasteiger partial charge in [-0.3, -0.25) is 19.5 Å². The van der Waals surface area contributed by atoms with E-state index in [2.05, 4.69) is 37.3 Å². The predicted octanol–water partition coefficient (Wildman–Crippen LogP) is 5.58. The molecule has 0 aliphatic carbocycles. The summed E-state index contributed by atoms with van der Waals surface area (Å²) >= 11 is 1.27. The molecule has 1 unspecified atom stereocenters. The molecule has 0 saturated carbocycles. The van der Waals surface area contributed by atoms with E-state index in [1.165, 1.54) is 36.7 Å². The fraction of sp³-hybridized carbons (Fsp3) is 0.259. The Balaban J connectivity index is 1.47. The van der Waals surface area contributed by atoms with Gasteiger partial charge in [-0.2, -0.15) is 13.2 Å². The van der Waals surface area contributed by atoms with Crippen LogP contribution in [0.15, 0.2) is 53.8 Å². The molecule has 1 saturated heterocycles. The average Bonchev–Trinajstić information content (AvgIpc) is 3.51. The lowest BCUT2D eigenvalue weighted by atomic mass is 10.0. The normalized spacial score (nSPS) is 17.4. The molecule has 2 amide bonds. The number of para-hydroxylation sites is 1. The Labute approximate surface area is 236 Å². The van der Waals surface area contributed by atoms with Crippen molar-refractivity contribution in [2.24, 2.45) is 4.99 Å². The van der Waals surface area contributed by atoms with Crippen molar-refractivity contribution in [2.75, 3.05) is 17.7 Å². The van der Waals surface area contributed by atoms with Gasteiger partial charge in [0, 0.05) is 18.6 Å². The van der Waals surface area contributed by atoms with Gasteiger partial charge in [-0.1, -0.05) is 23.5 Å². The third kappa shape index (κ3) is 6.02. The van der Waals surface area contributed by atoms with Crippen molar-refractivity contribution in [1.82, 2.24) is 19.9 Å². The maximum Gasteiger partial charge on any atom is 0.416 e. The minimum Gasteiger partial charge on any atom is -0.437 e. The number of aromatic nitrogens is 3. The summed E-state index contributed by atoms with van der Waals surface area (Å²) < 4.78 is 47.5. The number of rotatable bonds is 7. The van der Waals surface area contributed by atoms with E-state index in [0.29, 0.717) is 29.2 Å². The lowest BCUT2D eigenvalue weighted by Crippen LogP contribution is -2.40. The second-order valence-electron chi connectivity index (χ2n) is 9.32. The molecule has 10 nitrogen and oxygen atoms in total. The summed E-state index contributed by atoms with van der Waals surface area (Å²) in [6.07, 6.45) is -2.56. The van der Waals surface area contributed by atoms with Gasteiger partial charge in [-0.15, -0.1) is 0 Å². The van der Waals surface area contributed by atoms with Crippen molar-refractivity contribution in [3.05, 3.63) is 54.4 Å². The van der Waals surface area contributed by atoms with Crippen LogP contribution in [0.5, 0.6) is 11.6 Å². The highest BCUT2D eigenvalue weighted by atomic mass is 32.1. The Kier molecular flexibility index (Phi) is 7.69. The summed E-state index contributed by atoms with van der Waals surface area (Å²) in [5.41, 5.74) is 0.000270. The van der Waals surface area contributed by atoms with Crippen LogP contribution in [0, 0.1) is 0 Å². The molecule has 14 heteroatoms. The number of benzene rings is 2. The Morgan fingerprint density at radius 3 is 2.66 bits per heavy atom. The fourth-order valence-electron chi connectivity index (χ4n) is 4.59. The zero-order valence-electron chi connectivity index (χ0n) is 21.9. The van der Waals surface area contributed by atoms with E-state index in [0.717, 1.165) is 16.8 Å². The Morgan fingerprint density at radius 1 is 1.15 bits per heavy atom. The zero-order chi connectivity index (χ0) is 29.3. The summed E-state index contributed by atoms with van der Waals surface area (Å²) in [6, 6.07) is 9.18. The SMILES string of the molecule is C=NC1CC[C@@H](C(=O)Nc2cc(C(F)(F)F)ccc2-c2cc(Oc3cccc4sc(NC(C)=O)nc34)ncn2)N1C. The number of nitrogens with zero attached hydrogens (tertiary/aromatic N) is 5. The number of hydrogen-bond donors (Lipinski definition) is 2. The molecule has 2 aromatic carbocycles. The second kappa shape index (κ2) is 11.2. The number of carbonyl (C=O) groups is 2. The Morgan fingerprint density at radius 2 is 1.95 bits per heavy atom. The topological polar surface area (TPSA) is 122 Å². The van der Waals surface area contributed by atoms with Crippen LogP contribution in [0.1, 0.15) is 25.3 Å². The first kappa shape index (κ1) is 28.1. The number of likely N-dealkylation sites (tertiary alicyclic amines) is 1. The fourth-order valence-corrected chi connectivity index (χ4v) is 5.52. The molecule has 1 aliphatic heterocycles. The first-order valence-electron chi connectivity index (χ1n) is 12.4. The number of likely N-dealkylation sites (N-methyl/N-ethyl adjacent to an activating group) is 1. The van der Waals surface area contributed by atoms with Crippen LogP contribution in [0.2, 0.25) is 0 Å². The Hall–Kier alpha value is -4.43. The lowest BCUT2D eigenvalue weighted by molar-refractivity contribution is -0.137. The third-order valence-corrected chi connectivity index (χ3v) is 7.51. The van der Waals surface area contributed by atoms with Crippen LogP contribution >= 0.6 is 11.3 Å². The molecule has 3 heterocycles. The van der Waals surface area contributed by atoms with Crippen molar-refractivity contribution < 1.29 is 27.5 Å². The van der Waals surface area contributed by atoms with Crippen molar-refractivity contribution in [3.63, 3.8) is 0 Å². The average molecular weight is 584 g/mol. The van der Waals surface area contributed by atoms with Gasteiger partial charge in [0.25, 0.3) is 0 Å². The molecule has 4 aromatic rings. The van der Waals surface area contributed by atoms with Crippen LogP contribution < -0.4 is 15.4 Å². The van der Waals surface area contributed by atoms with Gasteiger partial charge < -0.3 is 15.4 Å². The molecule has 0 bridgehead atoms. The van der Waals surface area contributed by atoms with Gasteiger partial charge in [0.1, 0.15) is 18.0 Å². The number of alkyl halides is 3. The molecule has 212 valence electrons. The third-order valence-electron chi connectivity index (χ3n) is 6.58. The monoisotopic (exact) mass is 583 g/mol. The minimum atomic E-state index is -4.62. The largest absolute Gasteiger partial charge is 0.437 e. The molecule has 0 spiro atoms. The van der Waals surface area contributed by atoms with Crippen molar-refractivity contribution in [2.45, 2.75) is 38.1 Å². The van der Waals surface area contributed by atoms with Crippen molar-refractivity contribution >= 4 is 50.9 Å². The molecule has 5 rings (SSSR count). The van der Waals surface area contributed by atoms with Crippen molar-refractivity contribution in [1.29, 1.82) is 0 Å². The van der Waals surface area contributed by atoms with Gasteiger partial charge in [-0.05, 0) is 50.9 Å². The number of fused-ring (bicyclic) bond motifs is 1. The number of ether oxygens (including phenoxy) is 1. The van der Waals surface area contributed by atoms with Crippen LogP contribution in [0.4, 0.5) is 24.0 Å². The van der Waals surface area contributed by atoms with Crippen molar-refractivity contribution in [3.8, 4) is 22.9 Å². The smallest absolute Gasteiger partial charge is 0.416 e. The maximum atomic E-state index is 13.6. The quantitative estimate of drug-likeness (QED) is 0.272. The van der Waals surface area contributed by atoms with Crippen LogP contribution in [0.25, 0.3) is 21.5 Å². The number of halogens is 3. The van der Waals surface area contributed by atoms with Gasteiger partial charge in [-0.25, -0.2) is 15.0 Å². The predicted molar refractivity (Wildman–Crippen MR) is 149 cm³/mol. The van der Waals surface area contributed by atoms with E-state index in [1.807, 2.05) is 6.07 Å². The highest BCUT2D eigenvalue weighted by molar-refractivity contribution is 7.22. The Bertz CT molecular complexity index is 1640. The summed E-state index contributed by atoms with van der Waals surface area (Å²) in [5.74, 6) is -0.266. The molecule has 1 aliphatic rings. The number of aliphatic imine (C=N–C) groups is 1. The summed E-state index contributed by atoms with van der Waals surface area (Å²) in [4.78, 5) is 43.1. The number of amides is 2. The van der Waals surface area contributed by atoms with E-state index in [4.69, 9.17) is 4.74 Å². The summed E-state index contributed by atoms with van der Waals surface area (Å²) in [5, 5.41) is 5.71. The standard InChI is InChI=1S/C27H24F3N7O3S/c1-14(38)34-26-36-24-20(5-4-6-21(24)41-26)40-23-12-17(32-13-33-23)16-8-7-15(27(28,29)30)11-18(16)35-25(39)19-9-10-22(31-2)37(19)3/h4-8,11-13,19,22H,2,9-10H2,1,3H3,(H,35,39)(H,34,36,38)/t19-,22?/m0/s1. The molecule has 0 radical (unpaired) electrons. The first-order chi connectivity index (χ1) is 19.5. The van der Waals surface area contributed by atoms with Gasteiger partial charge in [0.05, 0.1) is 27.7 Å². The van der Waals surface area contributed by atoms with Crippen LogP contribution in [-0.4, -0.2) is 57.6 Å². The lowest BCUT2D eigenvalue weighted by Gasteiger charge is -2.23. The molecule has 41 heavy (non-hydrogen) atoms. The molecule has 2 N–H and O–H groups in total. The van der Waals surface area contributed by atoms with Gasteiger partial charge >= 0.3 is 6.18 Å². The van der Waals surface area contributed by atoms with Crippen LogP contribution in [0.3, 0.4) is 0 Å². The number of thiazole rings is 1. The number of nitrogens with one attached hydrogen (secondary N) is 2. The van der Waals surface area contributed by atoms with E-state index >= 15 is 0 Å². The molecule has 2 atom stereocenters. The van der Waals surface area contributed by atoms with E-state index < -0.39 is 23.7 Å². The highest BCUT2D eigenvalue weighted by Gasteiger charge is 2.36. The molecular weight excluding hydrogens is 559 g/mol. The van der Waals surface area contributed by atoms with Crippen LogP contribution in [-0.2, 0) is 15.8 Å². The number of carbonyl (C=O) groups excluding carboxylic acids is 2. The second-order valence-corrected chi connectivity index (χ2v) is 10.3. The summed E-state index contributed by atoms with van der Waals surface area (Å²) in [7, 11) is 1.72. The van der Waals surface area contributed by atoms with E-state index in [1.54, 1.807) is 24.1 Å². The zero-order valence-corrected chi connectivity index (χ0v) is 22.7. The van der Waals surface area contributed by atoms with Gasteiger partial charge in [0.15, 0.2) is 10.9 Å². The highest BCUT2D eigenvalue weighted by Crippen LogP contribution is 2.38. The van der Waals surface area contributed by atoms with E-state index in [9.17, 15) is 22.8 Å². The number of anilines is 2. The first-order valence-corrected chi connectivity index (χ1v) is 13.2. The molecular formula is C27H24F3N7O3S. The van der Waals surface area contributed by atoms with E-state index in [-0.39, 0.29) is 34.9 Å². The molecule has 1 fully saturated rings. The minimum absolute atomic E-state index is 0.0561.